The molecule has 3 nitrogen and oxygen atoms in total. The second-order valence-corrected chi connectivity index (χ2v) is 10.8. The van der Waals surface area contributed by atoms with Gasteiger partial charge in [0.25, 0.3) is 0 Å². The normalized spacial score (nSPS) is 13.2. The van der Waals surface area contributed by atoms with Crippen LogP contribution >= 0.6 is 46.6 Å². The minimum Gasteiger partial charge on any atom is -0.207 e. The highest BCUT2D eigenvalue weighted by atomic mass is 35.5. The van der Waals surface area contributed by atoms with Crippen LogP contribution in [0.1, 0.15) is 25.0 Å². The topological polar surface area (TPSA) is 46.2 Å². The van der Waals surface area contributed by atoms with Crippen LogP contribution < -0.4 is 4.72 Å². The second kappa shape index (κ2) is 9.38. The zero-order valence-electron chi connectivity index (χ0n) is 15.5. The number of hydrogen-bond donors (Lipinski definition) is 1. The van der Waals surface area contributed by atoms with Crippen LogP contribution in [0.15, 0.2) is 40.1 Å². The quantitative estimate of drug-likeness (QED) is 0.483. The molecule has 0 bridgehead atoms. The maximum absolute atomic E-state index is 12.9. The van der Waals surface area contributed by atoms with E-state index in [1.807, 2.05) is 27.7 Å². The number of sulfonamides is 1. The van der Waals surface area contributed by atoms with Crippen LogP contribution in [-0.2, 0) is 10.0 Å². The van der Waals surface area contributed by atoms with Crippen molar-refractivity contribution in [3.05, 3.63) is 56.5 Å². The van der Waals surface area contributed by atoms with Crippen LogP contribution in [0.5, 0.6) is 0 Å². The van der Waals surface area contributed by atoms with Gasteiger partial charge in [-0.1, -0.05) is 54.7 Å². The van der Waals surface area contributed by atoms with Crippen LogP contribution in [-0.4, -0.2) is 20.2 Å². The number of rotatable bonds is 7. The van der Waals surface area contributed by atoms with Crippen molar-refractivity contribution in [2.45, 2.75) is 43.5 Å². The maximum Gasteiger partial charge on any atom is 0.243 e. The molecule has 2 aromatic carbocycles. The van der Waals surface area contributed by atoms with E-state index in [9.17, 15) is 8.42 Å². The Hall–Kier alpha value is -0.430. The van der Waals surface area contributed by atoms with Crippen LogP contribution in [0.25, 0.3) is 0 Å². The number of hydrogen-bond acceptors (Lipinski definition) is 3. The zero-order chi connectivity index (χ0) is 20.4. The third-order valence-electron chi connectivity index (χ3n) is 3.97. The van der Waals surface area contributed by atoms with E-state index in [4.69, 9.17) is 34.8 Å². The van der Waals surface area contributed by atoms with Gasteiger partial charge in [0.15, 0.2) is 0 Å². The van der Waals surface area contributed by atoms with E-state index in [1.54, 1.807) is 11.8 Å². The number of benzene rings is 2. The first kappa shape index (κ1) is 22.9. The summed E-state index contributed by atoms with van der Waals surface area (Å²) in [5.41, 5.74) is 2.36. The molecule has 0 saturated heterocycles. The lowest BCUT2D eigenvalue weighted by Crippen LogP contribution is -2.40. The molecule has 27 heavy (non-hydrogen) atoms. The molecule has 0 spiro atoms. The van der Waals surface area contributed by atoms with Crippen molar-refractivity contribution in [2.75, 3.05) is 5.75 Å². The van der Waals surface area contributed by atoms with Gasteiger partial charge in [0.05, 0.1) is 10.0 Å². The van der Waals surface area contributed by atoms with Crippen molar-refractivity contribution in [1.82, 2.24) is 4.72 Å². The molecular formula is C19H22Cl3NO2S2. The number of aryl methyl sites for hydroxylation is 2. The molecule has 0 radical (unpaired) electrons. The lowest BCUT2D eigenvalue weighted by atomic mass is 10.1. The van der Waals surface area contributed by atoms with Gasteiger partial charge in [-0.05, 0) is 55.2 Å². The van der Waals surface area contributed by atoms with Crippen molar-refractivity contribution in [3.63, 3.8) is 0 Å². The van der Waals surface area contributed by atoms with E-state index in [1.165, 1.54) is 23.3 Å². The van der Waals surface area contributed by atoms with Crippen LogP contribution in [0.3, 0.4) is 0 Å². The Morgan fingerprint density at radius 3 is 1.96 bits per heavy atom. The Kier molecular flexibility index (Phi) is 7.94. The Balaban J connectivity index is 2.22. The highest BCUT2D eigenvalue weighted by molar-refractivity contribution is 7.99. The first-order valence-corrected chi connectivity index (χ1v) is 12.0. The van der Waals surface area contributed by atoms with Crippen molar-refractivity contribution in [2.24, 2.45) is 5.92 Å². The standard InChI is InChI=1S/C19H22Cl3NO2S2/c1-11(2)18(10-26-15-6-12(3)5-13(4)7-15)23-27(24,25)19-16(21)8-14(20)9-17(19)22/h5-9,11,18,23H,10H2,1-4H3. The fourth-order valence-corrected chi connectivity index (χ4v) is 7.02. The van der Waals surface area contributed by atoms with E-state index in [2.05, 4.69) is 22.9 Å². The first-order chi connectivity index (χ1) is 12.5. The smallest absolute Gasteiger partial charge is 0.207 e. The molecule has 0 aromatic heterocycles. The van der Waals surface area contributed by atoms with Crippen LogP contribution in [0.2, 0.25) is 15.1 Å². The average molecular weight is 467 g/mol. The summed E-state index contributed by atoms with van der Waals surface area (Å²) in [6.07, 6.45) is 0. The third-order valence-corrected chi connectivity index (χ3v) is 7.69. The summed E-state index contributed by atoms with van der Waals surface area (Å²) in [6, 6.07) is 8.75. The Morgan fingerprint density at radius 1 is 0.963 bits per heavy atom. The molecular weight excluding hydrogens is 445 g/mol. The van der Waals surface area contributed by atoms with Crippen LogP contribution in [0, 0.1) is 19.8 Å². The van der Waals surface area contributed by atoms with Gasteiger partial charge in [-0.25, -0.2) is 13.1 Å². The van der Waals surface area contributed by atoms with Crippen molar-refractivity contribution in [3.8, 4) is 0 Å². The molecule has 2 rings (SSSR count). The summed E-state index contributed by atoms with van der Waals surface area (Å²) in [6.45, 7) is 8.04. The molecule has 0 heterocycles. The summed E-state index contributed by atoms with van der Waals surface area (Å²) < 4.78 is 28.5. The molecule has 2 aromatic rings. The predicted molar refractivity (Wildman–Crippen MR) is 117 cm³/mol. The molecule has 8 heteroatoms. The fourth-order valence-electron chi connectivity index (χ4n) is 2.61. The molecule has 0 fully saturated rings. The molecule has 1 N–H and O–H groups in total. The van der Waals surface area contributed by atoms with Gasteiger partial charge in [-0.15, -0.1) is 11.8 Å². The van der Waals surface area contributed by atoms with E-state index in [0.717, 1.165) is 4.90 Å². The minimum absolute atomic E-state index is 0.00414. The Labute approximate surface area is 180 Å². The molecule has 0 aliphatic rings. The molecule has 0 aliphatic heterocycles. The van der Waals surface area contributed by atoms with E-state index in [0.29, 0.717) is 5.75 Å². The number of halogens is 3. The van der Waals surface area contributed by atoms with Crippen molar-refractivity contribution >= 4 is 56.6 Å². The second-order valence-electron chi connectivity index (χ2n) is 6.80. The molecule has 0 aliphatic carbocycles. The summed E-state index contributed by atoms with van der Waals surface area (Å²) >= 11 is 19.7. The Bertz CT molecular complexity index is 887. The summed E-state index contributed by atoms with van der Waals surface area (Å²) in [4.78, 5) is 0.970. The van der Waals surface area contributed by atoms with Gasteiger partial charge in [-0.2, -0.15) is 0 Å². The predicted octanol–water partition coefficient (Wildman–Crippen LogP) is 6.36. The zero-order valence-corrected chi connectivity index (χ0v) is 19.4. The number of nitrogens with one attached hydrogen (secondary N) is 1. The van der Waals surface area contributed by atoms with Gasteiger partial charge in [0.2, 0.25) is 10.0 Å². The van der Waals surface area contributed by atoms with Gasteiger partial charge >= 0.3 is 0 Å². The molecule has 1 atom stereocenters. The fraction of sp³-hybridized carbons (Fsp3) is 0.368. The van der Waals surface area contributed by atoms with Crippen molar-refractivity contribution in [1.29, 1.82) is 0 Å². The summed E-state index contributed by atoms with van der Waals surface area (Å²) in [5.74, 6) is 0.672. The lowest BCUT2D eigenvalue weighted by Gasteiger charge is -2.23. The molecule has 0 saturated carbocycles. The monoisotopic (exact) mass is 465 g/mol. The van der Waals surface area contributed by atoms with E-state index >= 15 is 0 Å². The summed E-state index contributed by atoms with van der Waals surface area (Å²) in [7, 11) is -3.89. The average Bonchev–Trinajstić information content (AvgIpc) is 2.48. The molecule has 1 unspecified atom stereocenters. The van der Waals surface area contributed by atoms with E-state index < -0.39 is 10.0 Å². The molecule has 148 valence electrons. The van der Waals surface area contributed by atoms with Gasteiger partial charge in [0, 0.05) is 21.7 Å². The highest BCUT2D eigenvalue weighted by Crippen LogP contribution is 2.33. The highest BCUT2D eigenvalue weighted by Gasteiger charge is 2.27. The van der Waals surface area contributed by atoms with Crippen LogP contribution in [0.4, 0.5) is 0 Å². The number of thioether (sulfide) groups is 1. The Morgan fingerprint density at radius 2 is 1.48 bits per heavy atom. The maximum atomic E-state index is 12.9. The lowest BCUT2D eigenvalue weighted by molar-refractivity contribution is 0.482. The molecule has 0 amide bonds. The SMILES string of the molecule is Cc1cc(C)cc(SCC(NS(=O)(=O)c2c(Cl)cc(Cl)cc2Cl)C(C)C)c1. The minimum atomic E-state index is -3.89. The largest absolute Gasteiger partial charge is 0.243 e. The van der Waals surface area contributed by atoms with Gasteiger partial charge < -0.3 is 0 Å². The third kappa shape index (κ3) is 6.28. The van der Waals surface area contributed by atoms with Gasteiger partial charge in [-0.3, -0.25) is 0 Å². The van der Waals surface area contributed by atoms with Crippen molar-refractivity contribution < 1.29 is 8.42 Å². The van der Waals surface area contributed by atoms with Gasteiger partial charge in [0.1, 0.15) is 4.90 Å². The summed E-state index contributed by atoms with van der Waals surface area (Å²) in [5, 5.41) is 0.295. The van der Waals surface area contributed by atoms with E-state index in [-0.39, 0.29) is 31.9 Å². The first-order valence-electron chi connectivity index (χ1n) is 8.37.